The number of carbonyl (C=O) groups is 2. The Bertz CT molecular complexity index is 835. The van der Waals surface area contributed by atoms with Gasteiger partial charge in [-0.3, -0.25) is 14.8 Å². The number of nitrogens with zero attached hydrogens (tertiary/aromatic N) is 2. The topological polar surface area (TPSA) is 104 Å². The van der Waals surface area contributed by atoms with Gasteiger partial charge in [-0.05, 0) is 30.2 Å². The Morgan fingerprint density at radius 3 is 3.00 bits per heavy atom. The number of carboxylic acid groups (broad SMARTS) is 1. The molecule has 0 saturated carbocycles. The summed E-state index contributed by atoms with van der Waals surface area (Å²) in [4.78, 5) is 31.9. The van der Waals surface area contributed by atoms with Crippen LogP contribution in [0.2, 0.25) is 0 Å². The molecule has 3 rings (SSSR count). The van der Waals surface area contributed by atoms with Gasteiger partial charge in [0.2, 0.25) is 5.91 Å². The van der Waals surface area contributed by atoms with Crippen LogP contribution in [0.15, 0.2) is 48.9 Å². The zero-order valence-electron chi connectivity index (χ0n) is 13.6. The summed E-state index contributed by atoms with van der Waals surface area (Å²) in [6, 6.07) is 4.95. The Labute approximate surface area is 144 Å². The molecule has 1 aliphatic heterocycles. The van der Waals surface area contributed by atoms with Gasteiger partial charge in [-0.1, -0.05) is 19.1 Å². The van der Waals surface area contributed by atoms with Crippen molar-refractivity contribution in [3.05, 3.63) is 54.6 Å². The van der Waals surface area contributed by atoms with Gasteiger partial charge in [-0.25, -0.2) is 4.79 Å². The number of carbonyl (C=O) groups excluding carboxylic acids is 1. The fourth-order valence-corrected chi connectivity index (χ4v) is 2.71. The number of fused-ring (bicyclic) bond motifs is 4. The SMILES string of the molecule is CC1/C=C/C[C@H](NC(=O)O)c2cc(ccn2)-c2ccncc2NC1=O. The third-order valence-electron chi connectivity index (χ3n) is 4.04. The van der Waals surface area contributed by atoms with Gasteiger partial charge in [0.05, 0.1) is 29.5 Å². The van der Waals surface area contributed by atoms with Gasteiger partial charge >= 0.3 is 6.09 Å². The van der Waals surface area contributed by atoms with E-state index in [0.717, 1.165) is 11.1 Å². The summed E-state index contributed by atoms with van der Waals surface area (Å²) in [6.07, 6.45) is 7.72. The van der Waals surface area contributed by atoms with Gasteiger partial charge in [0.1, 0.15) is 0 Å². The van der Waals surface area contributed by atoms with Crippen molar-refractivity contribution in [2.24, 2.45) is 5.92 Å². The summed E-state index contributed by atoms with van der Waals surface area (Å²) in [7, 11) is 0. The maximum Gasteiger partial charge on any atom is 0.405 e. The molecule has 0 aromatic carbocycles. The van der Waals surface area contributed by atoms with Crippen LogP contribution in [0, 0.1) is 5.92 Å². The summed E-state index contributed by atoms with van der Waals surface area (Å²) < 4.78 is 0. The first kappa shape index (κ1) is 16.6. The molecule has 0 radical (unpaired) electrons. The average molecular weight is 338 g/mol. The zero-order chi connectivity index (χ0) is 17.8. The van der Waals surface area contributed by atoms with Crippen molar-refractivity contribution in [1.82, 2.24) is 15.3 Å². The minimum Gasteiger partial charge on any atom is -0.465 e. The van der Waals surface area contributed by atoms with Crippen molar-refractivity contribution in [3.63, 3.8) is 0 Å². The molecule has 1 unspecified atom stereocenters. The quantitative estimate of drug-likeness (QED) is 0.693. The van der Waals surface area contributed by atoms with Gasteiger partial charge in [-0.15, -0.1) is 0 Å². The Morgan fingerprint density at radius 1 is 1.36 bits per heavy atom. The van der Waals surface area contributed by atoms with E-state index >= 15 is 0 Å². The maximum absolute atomic E-state index is 12.4. The summed E-state index contributed by atoms with van der Waals surface area (Å²) in [5, 5.41) is 14.5. The molecule has 2 atom stereocenters. The molecular formula is C18H18N4O3. The molecule has 0 spiro atoms. The normalized spacial score (nSPS) is 21.1. The van der Waals surface area contributed by atoms with Crippen LogP contribution >= 0.6 is 0 Å². The van der Waals surface area contributed by atoms with E-state index in [1.807, 2.05) is 12.1 Å². The molecule has 2 bridgehead atoms. The smallest absolute Gasteiger partial charge is 0.405 e. The highest BCUT2D eigenvalue weighted by molar-refractivity contribution is 5.97. The molecule has 3 N–H and O–H groups in total. The number of rotatable bonds is 1. The zero-order valence-corrected chi connectivity index (χ0v) is 13.6. The molecule has 7 nitrogen and oxygen atoms in total. The Morgan fingerprint density at radius 2 is 2.20 bits per heavy atom. The van der Waals surface area contributed by atoms with Crippen LogP contribution in [0.3, 0.4) is 0 Å². The molecule has 2 aromatic rings. The summed E-state index contributed by atoms with van der Waals surface area (Å²) >= 11 is 0. The lowest BCUT2D eigenvalue weighted by atomic mass is 10.00. The maximum atomic E-state index is 12.4. The van der Waals surface area contributed by atoms with Crippen molar-refractivity contribution in [1.29, 1.82) is 0 Å². The van der Waals surface area contributed by atoms with Crippen molar-refractivity contribution >= 4 is 17.7 Å². The molecule has 3 heterocycles. The lowest BCUT2D eigenvalue weighted by Gasteiger charge is -2.18. The molecule has 25 heavy (non-hydrogen) atoms. The molecule has 0 saturated heterocycles. The number of pyridine rings is 2. The molecule has 128 valence electrons. The van der Waals surface area contributed by atoms with Crippen LogP contribution in [0.1, 0.15) is 25.1 Å². The minimum absolute atomic E-state index is 0.150. The van der Waals surface area contributed by atoms with Crippen molar-refractivity contribution in [2.75, 3.05) is 5.32 Å². The van der Waals surface area contributed by atoms with Crippen LogP contribution in [0.5, 0.6) is 0 Å². The number of anilines is 1. The minimum atomic E-state index is -1.12. The number of nitrogens with one attached hydrogen (secondary N) is 2. The molecule has 1 aliphatic rings. The predicted molar refractivity (Wildman–Crippen MR) is 92.9 cm³/mol. The van der Waals surface area contributed by atoms with Gasteiger partial charge in [-0.2, -0.15) is 0 Å². The van der Waals surface area contributed by atoms with E-state index in [-0.39, 0.29) is 11.8 Å². The Balaban J connectivity index is 2.12. The second-order valence-corrected chi connectivity index (χ2v) is 5.83. The first-order valence-electron chi connectivity index (χ1n) is 7.92. The molecule has 0 fully saturated rings. The van der Waals surface area contributed by atoms with Gasteiger partial charge in [0.25, 0.3) is 0 Å². The van der Waals surface area contributed by atoms with Crippen LogP contribution < -0.4 is 10.6 Å². The fourth-order valence-electron chi connectivity index (χ4n) is 2.71. The number of amides is 2. The average Bonchev–Trinajstić information content (AvgIpc) is 2.60. The second kappa shape index (κ2) is 7.12. The van der Waals surface area contributed by atoms with E-state index in [9.17, 15) is 9.59 Å². The second-order valence-electron chi connectivity index (χ2n) is 5.83. The van der Waals surface area contributed by atoms with Crippen LogP contribution in [0.25, 0.3) is 11.1 Å². The fraction of sp³-hybridized carbons (Fsp3) is 0.222. The van der Waals surface area contributed by atoms with E-state index in [4.69, 9.17) is 5.11 Å². The Kier molecular flexibility index (Phi) is 4.74. The Hall–Kier alpha value is -3.22. The molecule has 2 amide bonds. The predicted octanol–water partition coefficient (Wildman–Crippen LogP) is 2.99. The number of hydrogen-bond donors (Lipinski definition) is 3. The summed E-state index contributed by atoms with van der Waals surface area (Å²) in [5.74, 6) is -0.507. The van der Waals surface area contributed by atoms with Crippen LogP contribution in [-0.2, 0) is 4.79 Å². The highest BCUT2D eigenvalue weighted by atomic mass is 16.4. The van der Waals surface area contributed by atoms with E-state index in [2.05, 4.69) is 20.6 Å². The van der Waals surface area contributed by atoms with E-state index in [1.54, 1.807) is 43.7 Å². The number of aromatic nitrogens is 2. The van der Waals surface area contributed by atoms with Crippen LogP contribution in [0.4, 0.5) is 10.5 Å². The highest BCUT2D eigenvalue weighted by Crippen LogP contribution is 2.30. The van der Waals surface area contributed by atoms with Crippen molar-refractivity contribution in [2.45, 2.75) is 19.4 Å². The van der Waals surface area contributed by atoms with Gasteiger partial charge < -0.3 is 15.7 Å². The summed E-state index contributed by atoms with van der Waals surface area (Å²) in [5.41, 5.74) is 2.86. The third kappa shape index (κ3) is 3.82. The van der Waals surface area contributed by atoms with E-state index in [0.29, 0.717) is 17.8 Å². The monoisotopic (exact) mass is 338 g/mol. The largest absolute Gasteiger partial charge is 0.465 e. The lowest BCUT2D eigenvalue weighted by molar-refractivity contribution is -0.118. The van der Waals surface area contributed by atoms with Crippen molar-refractivity contribution in [3.8, 4) is 11.1 Å². The van der Waals surface area contributed by atoms with E-state index < -0.39 is 12.1 Å². The lowest BCUT2D eigenvalue weighted by Crippen LogP contribution is -2.27. The van der Waals surface area contributed by atoms with Gasteiger partial charge in [0, 0.05) is 18.0 Å². The molecule has 7 heteroatoms. The molecule has 2 aromatic heterocycles. The van der Waals surface area contributed by atoms with Gasteiger partial charge in [0.15, 0.2) is 0 Å². The van der Waals surface area contributed by atoms with E-state index in [1.165, 1.54) is 0 Å². The summed E-state index contributed by atoms with van der Waals surface area (Å²) in [6.45, 7) is 1.78. The highest BCUT2D eigenvalue weighted by Gasteiger charge is 2.18. The van der Waals surface area contributed by atoms with Crippen LogP contribution in [-0.4, -0.2) is 27.1 Å². The van der Waals surface area contributed by atoms with Crippen molar-refractivity contribution < 1.29 is 14.7 Å². The molecular weight excluding hydrogens is 320 g/mol. The first-order valence-corrected chi connectivity index (χ1v) is 7.92. The standard InChI is InChI=1S/C18H18N4O3/c1-11-3-2-4-14(22-18(24)25)15-9-12(5-8-20-15)13-6-7-19-10-16(13)21-17(11)23/h2-3,5-11,14,22H,4H2,1H3,(H,21,23)(H,24,25)/b3-2+/t11?,14-/m0/s1. The molecule has 0 aliphatic carbocycles. The third-order valence-corrected chi connectivity index (χ3v) is 4.04. The first-order chi connectivity index (χ1) is 12.0. The number of hydrogen-bond acceptors (Lipinski definition) is 4.